The Morgan fingerprint density at radius 3 is 2.81 bits per heavy atom. The summed E-state index contributed by atoms with van der Waals surface area (Å²) in [5.74, 6) is 0.661. The maximum atomic E-state index is 12.3. The van der Waals surface area contributed by atoms with E-state index in [-0.39, 0.29) is 5.03 Å². The highest BCUT2D eigenvalue weighted by molar-refractivity contribution is 7.89. The summed E-state index contributed by atoms with van der Waals surface area (Å²) < 4.78 is 27.2. The van der Waals surface area contributed by atoms with Crippen molar-refractivity contribution in [2.45, 2.75) is 63.6 Å². The Kier molecular flexibility index (Phi) is 5.78. The van der Waals surface area contributed by atoms with Gasteiger partial charge in [-0.25, -0.2) is 13.1 Å². The lowest BCUT2D eigenvalue weighted by Gasteiger charge is -2.08. The fourth-order valence-corrected chi connectivity index (χ4v) is 3.36. The summed E-state index contributed by atoms with van der Waals surface area (Å²) in [5.41, 5.74) is 0.705. The maximum absolute atomic E-state index is 12.3. The third-order valence-corrected chi connectivity index (χ3v) is 5.08. The summed E-state index contributed by atoms with van der Waals surface area (Å²) in [7, 11) is -3.48. The summed E-state index contributed by atoms with van der Waals surface area (Å²) >= 11 is 0. The normalized spacial score (nSPS) is 15.8. The Hall–Kier alpha value is -0.920. The summed E-state index contributed by atoms with van der Waals surface area (Å²) in [6.45, 7) is 5.37. The average Bonchev–Trinajstić information content (AvgIpc) is 3.11. The van der Waals surface area contributed by atoms with E-state index in [0.29, 0.717) is 30.6 Å². The molecule has 1 fully saturated rings. The van der Waals surface area contributed by atoms with E-state index in [4.69, 9.17) is 0 Å². The number of H-pyrrole nitrogens is 1. The van der Waals surface area contributed by atoms with Crippen LogP contribution in [0.1, 0.15) is 51.5 Å². The zero-order valence-corrected chi connectivity index (χ0v) is 13.7. The predicted molar refractivity (Wildman–Crippen MR) is 82.3 cm³/mol. The molecule has 0 bridgehead atoms. The first-order valence-electron chi connectivity index (χ1n) is 7.74. The van der Waals surface area contributed by atoms with Crippen LogP contribution in [0.5, 0.6) is 0 Å². The predicted octanol–water partition coefficient (Wildman–Crippen LogP) is 1.77. The van der Waals surface area contributed by atoms with Gasteiger partial charge in [-0.2, -0.15) is 5.10 Å². The van der Waals surface area contributed by atoms with Gasteiger partial charge < -0.3 is 5.32 Å². The van der Waals surface area contributed by atoms with Crippen LogP contribution in [0.4, 0.5) is 0 Å². The molecule has 0 aliphatic heterocycles. The van der Waals surface area contributed by atoms with Crippen molar-refractivity contribution in [2.24, 2.45) is 5.92 Å². The Labute approximate surface area is 127 Å². The molecule has 0 atom stereocenters. The van der Waals surface area contributed by atoms with Gasteiger partial charge >= 0.3 is 0 Å². The van der Waals surface area contributed by atoms with Crippen molar-refractivity contribution in [3.8, 4) is 0 Å². The number of hydrogen-bond donors (Lipinski definition) is 3. The van der Waals surface area contributed by atoms with Gasteiger partial charge in [0.25, 0.3) is 10.0 Å². The van der Waals surface area contributed by atoms with E-state index in [1.165, 1.54) is 12.8 Å². The van der Waals surface area contributed by atoms with Crippen LogP contribution in [0.2, 0.25) is 0 Å². The molecule has 1 aliphatic rings. The first kappa shape index (κ1) is 16.5. The quantitative estimate of drug-likeness (QED) is 0.574. The minimum atomic E-state index is -3.48. The Bertz CT molecular complexity index is 535. The number of rotatable bonds is 10. The number of hydrogen-bond acceptors (Lipinski definition) is 4. The number of aromatic amines is 1. The van der Waals surface area contributed by atoms with E-state index in [2.05, 4.69) is 34.1 Å². The second-order valence-electron chi connectivity index (χ2n) is 6.17. The minimum absolute atomic E-state index is 0.194. The molecule has 0 radical (unpaired) electrons. The highest BCUT2D eigenvalue weighted by atomic mass is 32.2. The first-order chi connectivity index (χ1) is 9.99. The molecule has 1 aliphatic carbocycles. The number of nitrogens with one attached hydrogen (secondary N) is 3. The largest absolute Gasteiger partial charge is 0.310 e. The summed E-state index contributed by atoms with van der Waals surface area (Å²) in [5, 5.41) is 9.98. The average molecular weight is 314 g/mol. The first-order valence-corrected chi connectivity index (χ1v) is 9.22. The second-order valence-corrected chi connectivity index (χ2v) is 7.87. The van der Waals surface area contributed by atoms with Crippen molar-refractivity contribution in [3.63, 3.8) is 0 Å². The number of aromatic nitrogens is 2. The minimum Gasteiger partial charge on any atom is -0.310 e. The van der Waals surface area contributed by atoms with E-state index in [1.807, 2.05) is 0 Å². The van der Waals surface area contributed by atoms with Crippen LogP contribution in [-0.2, 0) is 16.6 Å². The summed E-state index contributed by atoms with van der Waals surface area (Å²) in [4.78, 5) is 0. The van der Waals surface area contributed by atoms with Crippen LogP contribution in [0.3, 0.4) is 0 Å². The van der Waals surface area contributed by atoms with Gasteiger partial charge in [-0.3, -0.25) is 5.10 Å². The van der Waals surface area contributed by atoms with Crippen LogP contribution in [0.15, 0.2) is 11.2 Å². The molecular formula is C14H26N4O2S. The van der Waals surface area contributed by atoms with Gasteiger partial charge in [-0.15, -0.1) is 0 Å². The van der Waals surface area contributed by atoms with E-state index in [9.17, 15) is 8.42 Å². The molecule has 6 nitrogen and oxygen atoms in total. The molecule has 0 aromatic carbocycles. The fraction of sp³-hybridized carbons (Fsp3) is 0.786. The number of unbranched alkanes of at least 4 members (excludes halogenated alkanes) is 1. The van der Waals surface area contributed by atoms with Crippen LogP contribution >= 0.6 is 0 Å². The van der Waals surface area contributed by atoms with Crippen molar-refractivity contribution < 1.29 is 8.42 Å². The number of sulfonamides is 1. The van der Waals surface area contributed by atoms with Gasteiger partial charge in [0.1, 0.15) is 0 Å². The Morgan fingerprint density at radius 2 is 2.14 bits per heavy atom. The van der Waals surface area contributed by atoms with E-state index < -0.39 is 10.0 Å². The zero-order valence-electron chi connectivity index (χ0n) is 12.9. The topological polar surface area (TPSA) is 86.9 Å². The molecule has 0 spiro atoms. The van der Waals surface area contributed by atoms with E-state index in [1.54, 1.807) is 6.20 Å². The SMILES string of the molecule is CC(C)CCCCNS(=O)(=O)c1[nH]ncc1CNC1CC1. The van der Waals surface area contributed by atoms with Crippen molar-refractivity contribution >= 4 is 10.0 Å². The third kappa shape index (κ3) is 5.41. The highest BCUT2D eigenvalue weighted by Crippen LogP contribution is 2.20. The molecule has 120 valence electrons. The molecular weight excluding hydrogens is 288 g/mol. The second kappa shape index (κ2) is 7.38. The van der Waals surface area contributed by atoms with Gasteiger partial charge in [-0.05, 0) is 25.2 Å². The van der Waals surface area contributed by atoms with Crippen LogP contribution in [0.25, 0.3) is 0 Å². The maximum Gasteiger partial charge on any atom is 0.257 e. The fourth-order valence-electron chi connectivity index (χ4n) is 2.16. The molecule has 1 saturated carbocycles. The molecule has 0 saturated heterocycles. The molecule has 0 amide bonds. The van der Waals surface area contributed by atoms with Crippen LogP contribution in [0, 0.1) is 5.92 Å². The van der Waals surface area contributed by atoms with Gasteiger partial charge in [0, 0.05) is 24.7 Å². The zero-order chi connectivity index (χ0) is 15.3. The lowest BCUT2D eigenvalue weighted by molar-refractivity contribution is 0.529. The van der Waals surface area contributed by atoms with Gasteiger partial charge in [0.05, 0.1) is 6.20 Å². The lowest BCUT2D eigenvalue weighted by atomic mass is 10.1. The molecule has 21 heavy (non-hydrogen) atoms. The molecule has 0 unspecified atom stereocenters. The van der Waals surface area contributed by atoms with Crippen LogP contribution < -0.4 is 10.0 Å². The Morgan fingerprint density at radius 1 is 1.38 bits per heavy atom. The smallest absolute Gasteiger partial charge is 0.257 e. The van der Waals surface area contributed by atoms with E-state index in [0.717, 1.165) is 19.3 Å². The number of nitrogens with zero attached hydrogens (tertiary/aromatic N) is 1. The van der Waals surface area contributed by atoms with Gasteiger partial charge in [0.15, 0.2) is 5.03 Å². The molecule has 7 heteroatoms. The third-order valence-electron chi connectivity index (χ3n) is 3.61. The van der Waals surface area contributed by atoms with Crippen LogP contribution in [-0.4, -0.2) is 31.2 Å². The van der Waals surface area contributed by atoms with Crippen molar-refractivity contribution in [1.82, 2.24) is 20.2 Å². The molecule has 3 N–H and O–H groups in total. The van der Waals surface area contributed by atoms with Crippen molar-refractivity contribution in [1.29, 1.82) is 0 Å². The Balaban J connectivity index is 1.82. The van der Waals surface area contributed by atoms with Gasteiger partial charge in [0.2, 0.25) is 0 Å². The van der Waals surface area contributed by atoms with Crippen molar-refractivity contribution in [3.05, 3.63) is 11.8 Å². The molecule has 2 rings (SSSR count). The molecule has 1 aromatic rings. The molecule has 1 aromatic heterocycles. The molecule has 1 heterocycles. The van der Waals surface area contributed by atoms with Crippen molar-refractivity contribution in [2.75, 3.05) is 6.54 Å². The summed E-state index contributed by atoms with van der Waals surface area (Å²) in [6, 6.07) is 0.541. The van der Waals surface area contributed by atoms with Gasteiger partial charge in [-0.1, -0.05) is 26.7 Å². The highest BCUT2D eigenvalue weighted by Gasteiger charge is 2.24. The lowest BCUT2D eigenvalue weighted by Crippen LogP contribution is -2.27. The van der Waals surface area contributed by atoms with E-state index >= 15 is 0 Å². The summed E-state index contributed by atoms with van der Waals surface area (Å²) in [6.07, 6.45) is 6.97. The monoisotopic (exact) mass is 314 g/mol. The standard InChI is InChI=1S/C14H26N4O2S/c1-11(2)5-3-4-8-17-21(19,20)14-12(10-16-18-14)9-15-13-6-7-13/h10-11,13,15,17H,3-9H2,1-2H3,(H,16,18).